The van der Waals surface area contributed by atoms with Crippen LogP contribution in [0.25, 0.3) is 0 Å². The van der Waals surface area contributed by atoms with Crippen molar-refractivity contribution >= 4 is 15.7 Å². The molecule has 0 atom stereocenters. The minimum absolute atomic E-state index is 0.0230. The van der Waals surface area contributed by atoms with Crippen LogP contribution in [-0.4, -0.2) is 15.0 Å². The summed E-state index contributed by atoms with van der Waals surface area (Å²) in [5.41, 5.74) is 5.66. The summed E-state index contributed by atoms with van der Waals surface area (Å²) in [5.74, 6) is -0.612. The highest BCUT2D eigenvalue weighted by Gasteiger charge is 2.33. The standard InChI is InChI=1S/C12H17FN2O2S/c1-12(5-2-6-12)8-15-18(16,17)11-7-9(13)3-4-10(11)14/h3-4,7,15H,2,5-6,8,14H2,1H3. The predicted octanol–water partition coefficient (Wildman–Crippen LogP) is 1.88. The van der Waals surface area contributed by atoms with E-state index >= 15 is 0 Å². The number of nitrogen functional groups attached to an aromatic ring is 1. The van der Waals surface area contributed by atoms with Crippen molar-refractivity contribution in [3.8, 4) is 0 Å². The number of hydrogen-bond donors (Lipinski definition) is 2. The number of anilines is 1. The highest BCUT2D eigenvalue weighted by atomic mass is 32.2. The number of benzene rings is 1. The fourth-order valence-electron chi connectivity index (χ4n) is 2.05. The van der Waals surface area contributed by atoms with Crippen LogP contribution in [0.15, 0.2) is 23.1 Å². The highest BCUT2D eigenvalue weighted by Crippen LogP contribution is 2.39. The van der Waals surface area contributed by atoms with Crippen molar-refractivity contribution in [3.63, 3.8) is 0 Å². The Morgan fingerprint density at radius 3 is 2.67 bits per heavy atom. The van der Waals surface area contributed by atoms with Crippen molar-refractivity contribution in [2.24, 2.45) is 5.41 Å². The lowest BCUT2D eigenvalue weighted by molar-refractivity contribution is 0.166. The van der Waals surface area contributed by atoms with Crippen LogP contribution in [0.1, 0.15) is 26.2 Å². The molecular weight excluding hydrogens is 255 g/mol. The molecule has 0 heterocycles. The molecule has 1 aromatic carbocycles. The molecule has 1 aliphatic carbocycles. The van der Waals surface area contributed by atoms with E-state index in [1.165, 1.54) is 6.07 Å². The molecule has 0 radical (unpaired) electrons. The molecule has 0 bridgehead atoms. The molecule has 4 nitrogen and oxygen atoms in total. The normalized spacial score (nSPS) is 18.3. The third kappa shape index (κ3) is 2.64. The number of sulfonamides is 1. The number of nitrogens with two attached hydrogens (primary N) is 1. The molecule has 1 aromatic rings. The molecule has 18 heavy (non-hydrogen) atoms. The Morgan fingerprint density at radius 2 is 2.11 bits per heavy atom. The van der Waals surface area contributed by atoms with Gasteiger partial charge in [0, 0.05) is 6.54 Å². The van der Waals surface area contributed by atoms with Crippen molar-refractivity contribution in [2.45, 2.75) is 31.1 Å². The summed E-state index contributed by atoms with van der Waals surface area (Å²) in [5, 5.41) is 0. The quantitative estimate of drug-likeness (QED) is 0.822. The van der Waals surface area contributed by atoms with E-state index in [0.717, 1.165) is 31.4 Å². The van der Waals surface area contributed by atoms with Crippen molar-refractivity contribution in [3.05, 3.63) is 24.0 Å². The number of nitrogens with one attached hydrogen (secondary N) is 1. The molecule has 3 N–H and O–H groups in total. The maximum absolute atomic E-state index is 13.1. The van der Waals surface area contributed by atoms with Crippen molar-refractivity contribution < 1.29 is 12.8 Å². The largest absolute Gasteiger partial charge is 0.398 e. The number of halogens is 1. The van der Waals surface area contributed by atoms with Gasteiger partial charge in [0.25, 0.3) is 0 Å². The van der Waals surface area contributed by atoms with Gasteiger partial charge in [0.1, 0.15) is 10.7 Å². The monoisotopic (exact) mass is 272 g/mol. The van der Waals surface area contributed by atoms with E-state index in [2.05, 4.69) is 4.72 Å². The summed E-state index contributed by atoms with van der Waals surface area (Å²) in [6.45, 7) is 2.40. The van der Waals surface area contributed by atoms with E-state index in [9.17, 15) is 12.8 Å². The topological polar surface area (TPSA) is 72.2 Å². The van der Waals surface area contributed by atoms with Crippen LogP contribution in [0.2, 0.25) is 0 Å². The van der Waals surface area contributed by atoms with Gasteiger partial charge in [0.2, 0.25) is 10.0 Å². The molecule has 0 amide bonds. The zero-order chi connectivity index (χ0) is 13.4. The third-order valence-electron chi connectivity index (χ3n) is 3.51. The minimum Gasteiger partial charge on any atom is -0.398 e. The molecule has 100 valence electrons. The maximum Gasteiger partial charge on any atom is 0.242 e. The van der Waals surface area contributed by atoms with Gasteiger partial charge in [-0.15, -0.1) is 0 Å². The van der Waals surface area contributed by atoms with Gasteiger partial charge < -0.3 is 5.73 Å². The zero-order valence-electron chi connectivity index (χ0n) is 10.2. The third-order valence-corrected chi connectivity index (χ3v) is 4.97. The summed E-state index contributed by atoms with van der Waals surface area (Å²) >= 11 is 0. The molecule has 6 heteroatoms. The first-order chi connectivity index (χ1) is 8.32. The average molecular weight is 272 g/mol. The van der Waals surface area contributed by atoms with Crippen molar-refractivity contribution in [2.75, 3.05) is 12.3 Å². The number of rotatable bonds is 4. The molecule has 0 aromatic heterocycles. The Morgan fingerprint density at radius 1 is 1.44 bits per heavy atom. The van der Waals surface area contributed by atoms with E-state index in [1.54, 1.807) is 0 Å². The lowest BCUT2D eigenvalue weighted by atomic mass is 9.71. The molecular formula is C12H17FN2O2S. The Hall–Kier alpha value is -1.14. The van der Waals surface area contributed by atoms with Gasteiger partial charge in [-0.3, -0.25) is 0 Å². The summed E-state index contributed by atoms with van der Waals surface area (Å²) in [6.07, 6.45) is 3.14. The van der Waals surface area contributed by atoms with Gasteiger partial charge >= 0.3 is 0 Å². The Labute approximate surface area is 106 Å². The summed E-state index contributed by atoms with van der Waals surface area (Å²) in [7, 11) is -3.74. The Balaban J connectivity index is 2.17. The van der Waals surface area contributed by atoms with Crippen LogP contribution in [0.5, 0.6) is 0 Å². The molecule has 2 rings (SSSR count). The van der Waals surface area contributed by atoms with Gasteiger partial charge in [-0.1, -0.05) is 13.3 Å². The van der Waals surface area contributed by atoms with Crippen LogP contribution < -0.4 is 10.5 Å². The fraction of sp³-hybridized carbons (Fsp3) is 0.500. The van der Waals surface area contributed by atoms with Gasteiger partial charge in [0.05, 0.1) is 5.69 Å². The first kappa shape index (κ1) is 13.3. The van der Waals surface area contributed by atoms with E-state index in [1.807, 2.05) is 6.92 Å². The molecule has 1 aliphatic rings. The van der Waals surface area contributed by atoms with Gasteiger partial charge in [0.15, 0.2) is 0 Å². The smallest absolute Gasteiger partial charge is 0.242 e. The van der Waals surface area contributed by atoms with Crippen LogP contribution in [0.4, 0.5) is 10.1 Å². The van der Waals surface area contributed by atoms with Gasteiger partial charge in [-0.25, -0.2) is 17.5 Å². The van der Waals surface area contributed by atoms with Gasteiger partial charge in [-0.2, -0.15) is 0 Å². The first-order valence-corrected chi connectivity index (χ1v) is 7.35. The van der Waals surface area contributed by atoms with Gasteiger partial charge in [-0.05, 0) is 36.5 Å². The molecule has 0 aliphatic heterocycles. The lowest BCUT2D eigenvalue weighted by Gasteiger charge is -2.38. The Bertz CT molecular complexity index is 553. The lowest BCUT2D eigenvalue weighted by Crippen LogP contribution is -2.40. The van der Waals surface area contributed by atoms with Crippen LogP contribution in [0, 0.1) is 11.2 Å². The predicted molar refractivity (Wildman–Crippen MR) is 68.0 cm³/mol. The second-order valence-corrected chi connectivity index (χ2v) is 6.91. The summed E-state index contributed by atoms with van der Waals surface area (Å²) in [6, 6.07) is 3.34. The second-order valence-electron chi connectivity index (χ2n) is 5.17. The minimum atomic E-state index is -3.74. The van der Waals surface area contributed by atoms with Crippen LogP contribution >= 0.6 is 0 Å². The maximum atomic E-state index is 13.1. The summed E-state index contributed by atoms with van der Waals surface area (Å²) < 4.78 is 39.7. The van der Waals surface area contributed by atoms with E-state index in [0.29, 0.717) is 6.54 Å². The van der Waals surface area contributed by atoms with Crippen molar-refractivity contribution in [1.82, 2.24) is 4.72 Å². The van der Waals surface area contributed by atoms with E-state index in [4.69, 9.17) is 5.73 Å². The molecule has 0 unspecified atom stereocenters. The highest BCUT2D eigenvalue weighted by molar-refractivity contribution is 7.89. The van der Waals surface area contributed by atoms with Crippen molar-refractivity contribution in [1.29, 1.82) is 0 Å². The zero-order valence-corrected chi connectivity index (χ0v) is 11.1. The second kappa shape index (κ2) is 4.51. The summed E-state index contributed by atoms with van der Waals surface area (Å²) in [4.78, 5) is -0.189. The van der Waals surface area contributed by atoms with E-state index < -0.39 is 15.8 Å². The van der Waals surface area contributed by atoms with E-state index in [-0.39, 0.29) is 16.0 Å². The number of hydrogen-bond acceptors (Lipinski definition) is 3. The average Bonchev–Trinajstić information content (AvgIpc) is 2.27. The molecule has 0 saturated heterocycles. The first-order valence-electron chi connectivity index (χ1n) is 5.87. The molecule has 0 spiro atoms. The fourth-order valence-corrected chi connectivity index (χ4v) is 3.39. The van der Waals surface area contributed by atoms with Crippen LogP contribution in [0.3, 0.4) is 0 Å². The molecule has 1 fully saturated rings. The SMILES string of the molecule is CC1(CNS(=O)(=O)c2cc(F)ccc2N)CCC1. The Kier molecular flexibility index (Phi) is 3.33. The molecule has 1 saturated carbocycles. The van der Waals surface area contributed by atoms with Crippen LogP contribution in [-0.2, 0) is 10.0 Å².